The van der Waals surface area contributed by atoms with Crippen LogP contribution in [-0.2, 0) is 19.0 Å². The summed E-state index contributed by atoms with van der Waals surface area (Å²) in [6.45, 7) is 5.46. The van der Waals surface area contributed by atoms with E-state index in [4.69, 9.17) is 14.2 Å². The quantitative estimate of drug-likeness (QED) is 0.376. The molecule has 0 radical (unpaired) electrons. The van der Waals surface area contributed by atoms with Gasteiger partial charge in [-0.1, -0.05) is 52.9 Å². The van der Waals surface area contributed by atoms with Crippen molar-refractivity contribution >= 4 is 5.97 Å². The lowest BCUT2D eigenvalue weighted by Crippen LogP contribution is -2.60. The summed E-state index contributed by atoms with van der Waals surface area (Å²) in [5.41, 5.74) is 0. The molecule has 1 heterocycles. The van der Waals surface area contributed by atoms with Crippen LogP contribution in [0.3, 0.4) is 0 Å². The van der Waals surface area contributed by atoms with Crippen molar-refractivity contribution in [1.82, 2.24) is 0 Å². The maximum Gasteiger partial charge on any atom is 0.308 e. The second-order valence-corrected chi connectivity index (χ2v) is 6.90. The van der Waals surface area contributed by atoms with E-state index in [2.05, 4.69) is 6.92 Å². The van der Waals surface area contributed by atoms with Crippen molar-refractivity contribution in [2.75, 3.05) is 13.2 Å². The first kappa shape index (κ1) is 22.3. The van der Waals surface area contributed by atoms with Gasteiger partial charge in [0.25, 0.3) is 0 Å². The van der Waals surface area contributed by atoms with Gasteiger partial charge in [0.15, 0.2) is 12.4 Å². The first-order chi connectivity index (χ1) is 11.9. The number of carbonyl (C=O) groups excluding carboxylic acids is 1. The molecule has 5 atom stereocenters. The highest BCUT2D eigenvalue weighted by molar-refractivity contribution is 5.71. The Morgan fingerprint density at radius 2 is 1.72 bits per heavy atom. The lowest BCUT2D eigenvalue weighted by atomic mass is 9.99. The van der Waals surface area contributed by atoms with Crippen LogP contribution in [0.5, 0.6) is 0 Å². The van der Waals surface area contributed by atoms with Gasteiger partial charge < -0.3 is 29.5 Å². The zero-order valence-electron chi connectivity index (χ0n) is 15.6. The molecule has 0 amide bonds. The van der Waals surface area contributed by atoms with Gasteiger partial charge >= 0.3 is 5.97 Å². The lowest BCUT2D eigenvalue weighted by Gasteiger charge is -2.41. The number of hydrogen-bond donors (Lipinski definition) is 3. The van der Waals surface area contributed by atoms with Gasteiger partial charge in [0.1, 0.15) is 18.3 Å². The Kier molecular flexibility index (Phi) is 10.5. The number of esters is 1. The fourth-order valence-electron chi connectivity index (χ4n) is 2.67. The molecule has 148 valence electrons. The third-order valence-electron chi connectivity index (χ3n) is 4.33. The van der Waals surface area contributed by atoms with Crippen LogP contribution in [0.15, 0.2) is 0 Å². The highest BCUT2D eigenvalue weighted by Gasteiger charge is 2.47. The van der Waals surface area contributed by atoms with Gasteiger partial charge in [-0.25, -0.2) is 0 Å². The van der Waals surface area contributed by atoms with Crippen LogP contribution < -0.4 is 0 Å². The predicted molar refractivity (Wildman–Crippen MR) is 91.8 cm³/mol. The Morgan fingerprint density at radius 1 is 1.08 bits per heavy atom. The Bertz CT molecular complexity index is 374. The molecule has 1 rings (SSSR count). The molecule has 1 saturated heterocycles. The largest absolute Gasteiger partial charge is 0.454 e. The molecule has 0 unspecified atom stereocenters. The van der Waals surface area contributed by atoms with Gasteiger partial charge in [-0.05, 0) is 6.42 Å². The molecule has 7 nitrogen and oxygen atoms in total. The maximum atomic E-state index is 11.9. The summed E-state index contributed by atoms with van der Waals surface area (Å²) in [4.78, 5) is 11.9. The van der Waals surface area contributed by atoms with Gasteiger partial charge in [-0.15, -0.1) is 0 Å². The lowest BCUT2D eigenvalue weighted by molar-refractivity contribution is -0.304. The number of ether oxygens (including phenoxy) is 3. The third kappa shape index (κ3) is 7.19. The smallest absolute Gasteiger partial charge is 0.308 e. The van der Waals surface area contributed by atoms with E-state index in [1.54, 1.807) is 13.8 Å². The number of unbranched alkanes of at least 4 members (excludes halogenated alkanes) is 5. The average Bonchev–Trinajstić information content (AvgIpc) is 2.59. The molecule has 1 aliphatic rings. The van der Waals surface area contributed by atoms with Gasteiger partial charge in [0, 0.05) is 6.61 Å². The Balaban J connectivity index is 2.55. The number of hydrogen-bond acceptors (Lipinski definition) is 7. The van der Waals surface area contributed by atoms with E-state index in [1.165, 1.54) is 19.3 Å². The predicted octanol–water partition coefficient (Wildman–Crippen LogP) is 1.37. The average molecular weight is 362 g/mol. The molecule has 0 saturated carbocycles. The monoisotopic (exact) mass is 362 g/mol. The summed E-state index contributed by atoms with van der Waals surface area (Å²) >= 11 is 0. The normalized spacial score (nSPS) is 29.8. The summed E-state index contributed by atoms with van der Waals surface area (Å²) in [5, 5.41) is 29.5. The highest BCUT2D eigenvalue weighted by Crippen LogP contribution is 2.25. The Morgan fingerprint density at radius 3 is 2.32 bits per heavy atom. The van der Waals surface area contributed by atoms with Gasteiger partial charge in [0.05, 0.1) is 12.5 Å². The zero-order chi connectivity index (χ0) is 18.8. The van der Waals surface area contributed by atoms with E-state index in [9.17, 15) is 20.1 Å². The summed E-state index contributed by atoms with van der Waals surface area (Å²) in [7, 11) is 0. The molecule has 1 aliphatic heterocycles. The SMILES string of the molecule is CCCCCCCCO[C@@H]1O[C@H](CO)[C@@H](O)[C@H](O)[C@H]1OC(=O)C(C)C. The standard InChI is InChI=1S/C18H34O7/c1-4-5-6-7-8-9-10-23-18-16(25-17(22)12(2)3)15(21)14(20)13(11-19)24-18/h12-16,18-21H,4-11H2,1-3H3/t13-,14-,15+,16-,18-/m1/s1. The molecule has 1 fully saturated rings. The van der Waals surface area contributed by atoms with Crippen LogP contribution in [0.1, 0.15) is 59.3 Å². The van der Waals surface area contributed by atoms with Gasteiger partial charge in [0.2, 0.25) is 0 Å². The van der Waals surface area contributed by atoms with Crippen molar-refractivity contribution in [3.63, 3.8) is 0 Å². The minimum Gasteiger partial charge on any atom is -0.454 e. The van der Waals surface area contributed by atoms with E-state index in [0.717, 1.165) is 19.3 Å². The fourth-order valence-corrected chi connectivity index (χ4v) is 2.67. The zero-order valence-corrected chi connectivity index (χ0v) is 15.6. The first-order valence-electron chi connectivity index (χ1n) is 9.36. The molecular weight excluding hydrogens is 328 g/mol. The molecule has 0 spiro atoms. The summed E-state index contributed by atoms with van der Waals surface area (Å²) in [6.07, 6.45) is 0.791. The second-order valence-electron chi connectivity index (χ2n) is 6.90. The van der Waals surface area contributed by atoms with E-state index in [0.29, 0.717) is 6.61 Å². The second kappa shape index (κ2) is 11.8. The molecule has 0 aliphatic carbocycles. The summed E-state index contributed by atoms with van der Waals surface area (Å²) < 4.78 is 16.4. The van der Waals surface area contributed by atoms with E-state index in [-0.39, 0.29) is 5.92 Å². The van der Waals surface area contributed by atoms with Crippen LogP contribution in [0, 0.1) is 5.92 Å². The summed E-state index contributed by atoms with van der Waals surface area (Å²) in [5.74, 6) is -0.880. The van der Waals surface area contributed by atoms with Gasteiger partial charge in [-0.2, -0.15) is 0 Å². The summed E-state index contributed by atoms with van der Waals surface area (Å²) in [6, 6.07) is 0. The minimum atomic E-state index is -1.37. The molecule has 3 N–H and O–H groups in total. The number of aliphatic hydroxyl groups is 3. The van der Waals surface area contributed by atoms with Gasteiger partial charge in [-0.3, -0.25) is 4.79 Å². The van der Waals surface area contributed by atoms with Crippen molar-refractivity contribution < 1.29 is 34.3 Å². The minimum absolute atomic E-state index is 0.376. The van der Waals surface area contributed by atoms with E-state index < -0.39 is 43.3 Å². The molecule has 7 heteroatoms. The van der Waals surface area contributed by atoms with Crippen molar-refractivity contribution in [2.24, 2.45) is 5.92 Å². The fraction of sp³-hybridized carbons (Fsp3) is 0.944. The molecule has 0 aromatic rings. The molecule has 0 aromatic heterocycles. The Labute approximate surface area is 150 Å². The van der Waals surface area contributed by atoms with Crippen molar-refractivity contribution in [1.29, 1.82) is 0 Å². The molecule has 25 heavy (non-hydrogen) atoms. The van der Waals surface area contributed by atoms with Crippen LogP contribution in [-0.4, -0.2) is 65.2 Å². The number of carbonyl (C=O) groups is 1. The molecule has 0 bridgehead atoms. The molecular formula is C18H34O7. The number of aliphatic hydroxyl groups excluding tert-OH is 3. The Hall–Kier alpha value is -0.730. The topological polar surface area (TPSA) is 105 Å². The van der Waals surface area contributed by atoms with E-state index in [1.807, 2.05) is 0 Å². The van der Waals surface area contributed by atoms with Crippen LogP contribution >= 0.6 is 0 Å². The van der Waals surface area contributed by atoms with Crippen LogP contribution in [0.4, 0.5) is 0 Å². The third-order valence-corrected chi connectivity index (χ3v) is 4.33. The highest BCUT2D eigenvalue weighted by atomic mass is 16.7. The van der Waals surface area contributed by atoms with Crippen LogP contribution in [0.25, 0.3) is 0 Å². The van der Waals surface area contributed by atoms with E-state index >= 15 is 0 Å². The van der Waals surface area contributed by atoms with Crippen molar-refractivity contribution in [2.45, 2.75) is 90.0 Å². The maximum absolute atomic E-state index is 11.9. The van der Waals surface area contributed by atoms with Crippen LogP contribution in [0.2, 0.25) is 0 Å². The number of rotatable bonds is 11. The van der Waals surface area contributed by atoms with Crippen molar-refractivity contribution in [3.05, 3.63) is 0 Å². The molecule has 0 aromatic carbocycles. The van der Waals surface area contributed by atoms with Crippen molar-refractivity contribution in [3.8, 4) is 0 Å². The first-order valence-corrected chi connectivity index (χ1v) is 9.36.